The molecular formula is C33H33N3O5S. The fraction of sp³-hybridized carbons (Fsp3) is 0.212. The molecule has 1 heterocycles. The second-order valence-electron chi connectivity index (χ2n) is 10.2. The van der Waals surface area contributed by atoms with Crippen molar-refractivity contribution in [3.05, 3.63) is 120 Å². The number of fused-ring (bicyclic) bond motifs is 1. The number of sulfonamides is 1. The smallest absolute Gasteiger partial charge is 0.264 e. The predicted molar refractivity (Wildman–Crippen MR) is 163 cm³/mol. The minimum Gasteiger partial charge on any atom is -0.477 e. The third kappa shape index (κ3) is 6.47. The molecule has 1 atom stereocenters. The van der Waals surface area contributed by atoms with Crippen molar-refractivity contribution in [3.8, 4) is 5.75 Å². The molecule has 1 aliphatic heterocycles. The summed E-state index contributed by atoms with van der Waals surface area (Å²) in [5.74, 6) is 0.000205. The van der Waals surface area contributed by atoms with Gasteiger partial charge in [-0.3, -0.25) is 13.9 Å². The molecule has 8 nitrogen and oxygen atoms in total. The Balaban J connectivity index is 1.25. The van der Waals surface area contributed by atoms with Crippen LogP contribution in [0.3, 0.4) is 0 Å². The summed E-state index contributed by atoms with van der Waals surface area (Å²) in [6.45, 7) is 2.44. The number of rotatable bonds is 9. The lowest BCUT2D eigenvalue weighted by molar-refractivity contribution is -0.128. The van der Waals surface area contributed by atoms with Crippen LogP contribution in [0.1, 0.15) is 16.7 Å². The Kier molecular flexibility index (Phi) is 8.59. The molecule has 0 aromatic heterocycles. The minimum atomic E-state index is -3.73. The van der Waals surface area contributed by atoms with Gasteiger partial charge in [0.25, 0.3) is 15.9 Å². The van der Waals surface area contributed by atoms with Gasteiger partial charge in [-0.15, -0.1) is 0 Å². The molecule has 2 amide bonds. The Bertz CT molecular complexity index is 1660. The summed E-state index contributed by atoms with van der Waals surface area (Å²) < 4.78 is 33.3. The summed E-state index contributed by atoms with van der Waals surface area (Å²) >= 11 is 0. The van der Waals surface area contributed by atoms with E-state index in [1.54, 1.807) is 71.6 Å². The van der Waals surface area contributed by atoms with E-state index < -0.39 is 16.1 Å². The first-order valence-corrected chi connectivity index (χ1v) is 15.2. The summed E-state index contributed by atoms with van der Waals surface area (Å²) in [6.07, 6.45) is -0.0795. The number of benzene rings is 4. The summed E-state index contributed by atoms with van der Waals surface area (Å²) in [7, 11) is -2.22. The zero-order chi connectivity index (χ0) is 29.7. The van der Waals surface area contributed by atoms with E-state index in [0.29, 0.717) is 30.1 Å². The highest BCUT2D eigenvalue weighted by molar-refractivity contribution is 7.92. The Morgan fingerprint density at radius 3 is 2.26 bits per heavy atom. The zero-order valence-electron chi connectivity index (χ0n) is 23.6. The van der Waals surface area contributed by atoms with Crippen LogP contribution in [0.5, 0.6) is 5.75 Å². The van der Waals surface area contributed by atoms with Crippen molar-refractivity contribution in [1.29, 1.82) is 0 Å². The molecule has 0 spiro atoms. The topological polar surface area (TPSA) is 96.0 Å². The van der Waals surface area contributed by atoms with Gasteiger partial charge in [-0.25, -0.2) is 8.42 Å². The Morgan fingerprint density at radius 1 is 0.881 bits per heavy atom. The number of carbonyl (C=O) groups excluding carboxylic acids is 2. The number of anilines is 2. The Hall–Kier alpha value is -4.63. The molecule has 0 fully saturated rings. The van der Waals surface area contributed by atoms with E-state index in [0.717, 1.165) is 16.7 Å². The molecule has 0 saturated heterocycles. The van der Waals surface area contributed by atoms with Crippen LogP contribution in [-0.2, 0) is 32.5 Å². The van der Waals surface area contributed by atoms with Crippen LogP contribution in [-0.4, -0.2) is 46.5 Å². The molecule has 9 heteroatoms. The fourth-order valence-corrected chi connectivity index (χ4v) is 5.99. The van der Waals surface area contributed by atoms with E-state index in [2.05, 4.69) is 5.32 Å². The SMILES string of the molecule is Cc1ccc(S(=O)(=O)N(C)c2ccc(CC(=O)N3CC(C(=O)NCCc4ccccc4)Oc4ccccc43)cc2)cc1. The van der Waals surface area contributed by atoms with Crippen LogP contribution in [0.2, 0.25) is 0 Å². The van der Waals surface area contributed by atoms with Gasteiger partial charge in [0, 0.05) is 13.6 Å². The highest BCUT2D eigenvalue weighted by Gasteiger charge is 2.33. The van der Waals surface area contributed by atoms with Crippen LogP contribution >= 0.6 is 0 Å². The first-order chi connectivity index (χ1) is 20.2. The number of para-hydroxylation sites is 2. The molecule has 5 rings (SSSR count). The molecule has 0 radical (unpaired) electrons. The van der Waals surface area contributed by atoms with Crippen molar-refractivity contribution in [2.75, 3.05) is 29.3 Å². The van der Waals surface area contributed by atoms with Gasteiger partial charge in [-0.2, -0.15) is 0 Å². The average molecular weight is 584 g/mol. The van der Waals surface area contributed by atoms with Crippen molar-refractivity contribution in [2.45, 2.75) is 30.8 Å². The number of aryl methyl sites for hydroxylation is 1. The number of nitrogens with one attached hydrogen (secondary N) is 1. The maximum Gasteiger partial charge on any atom is 0.264 e. The third-order valence-corrected chi connectivity index (χ3v) is 9.06. The van der Waals surface area contributed by atoms with Gasteiger partial charge in [0.1, 0.15) is 5.75 Å². The van der Waals surface area contributed by atoms with Crippen LogP contribution in [0.25, 0.3) is 0 Å². The number of ether oxygens (including phenoxy) is 1. The monoisotopic (exact) mass is 583 g/mol. The van der Waals surface area contributed by atoms with E-state index in [1.807, 2.05) is 43.3 Å². The first-order valence-electron chi connectivity index (χ1n) is 13.7. The summed E-state index contributed by atoms with van der Waals surface area (Å²) in [5.41, 5.74) is 3.91. The standard InChI is InChI=1S/C33H33N3O5S/c1-24-12-18-28(19-13-24)42(39,40)35(2)27-16-14-26(15-17-27)22-32(37)36-23-31(41-30-11-7-6-10-29(30)36)33(38)34-21-20-25-8-4-3-5-9-25/h3-19,31H,20-23H2,1-2H3,(H,34,38). The van der Waals surface area contributed by atoms with E-state index in [4.69, 9.17) is 4.74 Å². The van der Waals surface area contributed by atoms with Crippen molar-refractivity contribution >= 4 is 33.2 Å². The lowest BCUT2D eigenvalue weighted by Gasteiger charge is -2.34. The maximum absolute atomic E-state index is 13.5. The fourth-order valence-electron chi connectivity index (χ4n) is 4.80. The molecule has 1 aliphatic rings. The van der Waals surface area contributed by atoms with Gasteiger partial charge >= 0.3 is 0 Å². The predicted octanol–water partition coefficient (Wildman–Crippen LogP) is 4.52. The molecule has 0 aliphatic carbocycles. The van der Waals surface area contributed by atoms with Crippen LogP contribution in [0.4, 0.5) is 11.4 Å². The van der Waals surface area contributed by atoms with E-state index in [-0.39, 0.29) is 29.7 Å². The number of carbonyl (C=O) groups is 2. The number of hydrogen-bond acceptors (Lipinski definition) is 5. The van der Waals surface area contributed by atoms with Crippen LogP contribution < -0.4 is 19.3 Å². The average Bonchev–Trinajstić information content (AvgIpc) is 3.01. The van der Waals surface area contributed by atoms with Gasteiger partial charge in [-0.05, 0) is 60.9 Å². The maximum atomic E-state index is 13.5. The lowest BCUT2D eigenvalue weighted by atomic mass is 10.1. The van der Waals surface area contributed by atoms with Gasteiger partial charge in [0.15, 0.2) is 6.10 Å². The molecule has 0 saturated carbocycles. The largest absolute Gasteiger partial charge is 0.477 e. The van der Waals surface area contributed by atoms with Crippen molar-refractivity contribution in [2.24, 2.45) is 0 Å². The second-order valence-corrected chi connectivity index (χ2v) is 12.2. The van der Waals surface area contributed by atoms with E-state index in [1.165, 1.54) is 11.4 Å². The van der Waals surface area contributed by atoms with Gasteiger partial charge in [-0.1, -0.05) is 72.3 Å². The molecule has 1 unspecified atom stereocenters. The lowest BCUT2D eigenvalue weighted by Crippen LogP contribution is -2.51. The van der Waals surface area contributed by atoms with Gasteiger partial charge in [0.2, 0.25) is 5.91 Å². The Morgan fingerprint density at radius 2 is 1.55 bits per heavy atom. The molecule has 42 heavy (non-hydrogen) atoms. The van der Waals surface area contributed by atoms with Gasteiger partial charge < -0.3 is 15.0 Å². The molecule has 4 aromatic rings. The van der Waals surface area contributed by atoms with E-state index in [9.17, 15) is 18.0 Å². The van der Waals surface area contributed by atoms with Crippen molar-refractivity contribution in [1.82, 2.24) is 5.32 Å². The van der Waals surface area contributed by atoms with Crippen molar-refractivity contribution in [3.63, 3.8) is 0 Å². The molecular weight excluding hydrogens is 550 g/mol. The number of hydrogen-bond donors (Lipinski definition) is 1. The third-order valence-electron chi connectivity index (χ3n) is 7.26. The number of amides is 2. The highest BCUT2D eigenvalue weighted by Crippen LogP contribution is 2.34. The molecule has 216 valence electrons. The van der Waals surface area contributed by atoms with E-state index >= 15 is 0 Å². The summed E-state index contributed by atoms with van der Waals surface area (Å²) in [5, 5.41) is 2.93. The quantitative estimate of drug-likeness (QED) is 0.313. The minimum absolute atomic E-state index is 0.0748. The number of nitrogens with zero attached hydrogens (tertiary/aromatic N) is 2. The summed E-state index contributed by atoms with van der Waals surface area (Å²) in [6, 6.07) is 30.6. The molecule has 1 N–H and O–H groups in total. The Labute approximate surface area is 246 Å². The van der Waals surface area contributed by atoms with Crippen LogP contribution in [0, 0.1) is 6.92 Å². The van der Waals surface area contributed by atoms with Crippen molar-refractivity contribution < 1.29 is 22.7 Å². The molecule has 0 bridgehead atoms. The molecule has 4 aromatic carbocycles. The van der Waals surface area contributed by atoms with Gasteiger partial charge in [0.05, 0.1) is 29.2 Å². The van der Waals surface area contributed by atoms with Crippen LogP contribution in [0.15, 0.2) is 108 Å². The zero-order valence-corrected chi connectivity index (χ0v) is 24.4. The second kappa shape index (κ2) is 12.5. The summed E-state index contributed by atoms with van der Waals surface area (Å²) in [4.78, 5) is 28.3. The first kappa shape index (κ1) is 28.9. The highest BCUT2D eigenvalue weighted by atomic mass is 32.2. The normalized spacial score (nSPS) is 14.4.